The Morgan fingerprint density at radius 1 is 0.971 bits per heavy atom. The lowest BCUT2D eigenvalue weighted by molar-refractivity contribution is -0.139. The number of rotatable bonds is 8. The largest absolute Gasteiger partial charge is 0.480 e. The summed E-state index contributed by atoms with van der Waals surface area (Å²) in [6.45, 7) is -0.390. The van der Waals surface area contributed by atoms with Gasteiger partial charge in [-0.1, -0.05) is 48.5 Å². The highest BCUT2D eigenvalue weighted by Crippen LogP contribution is 2.44. The summed E-state index contributed by atoms with van der Waals surface area (Å²) in [5, 5.41) is 22.7. The number of aliphatic hydroxyl groups excluding tert-OH is 1. The lowest BCUT2D eigenvalue weighted by Crippen LogP contribution is -2.41. The molecule has 4 rings (SSSR count). The summed E-state index contributed by atoms with van der Waals surface area (Å²) in [6.07, 6.45) is -1.02. The number of carboxylic acid groups (broad SMARTS) is 1. The summed E-state index contributed by atoms with van der Waals surface area (Å²) in [5.41, 5.74) is 3.93. The number of hydrogen-bond acceptors (Lipinski definition) is 5. The molecule has 35 heavy (non-hydrogen) atoms. The van der Waals surface area contributed by atoms with Crippen molar-refractivity contribution in [2.45, 2.75) is 18.4 Å². The zero-order valence-electron chi connectivity index (χ0n) is 18.5. The van der Waals surface area contributed by atoms with E-state index >= 15 is 0 Å². The van der Waals surface area contributed by atoms with E-state index in [0.717, 1.165) is 34.4 Å². The van der Waals surface area contributed by atoms with Crippen LogP contribution in [-0.2, 0) is 9.53 Å². The van der Waals surface area contributed by atoms with Crippen LogP contribution in [0.2, 0.25) is 0 Å². The van der Waals surface area contributed by atoms with Crippen LogP contribution in [0.4, 0.5) is 14.9 Å². The quantitative estimate of drug-likeness (QED) is 0.391. The summed E-state index contributed by atoms with van der Waals surface area (Å²) in [7, 11) is 0. The second kappa shape index (κ2) is 10.4. The Balaban J connectivity index is 1.43. The van der Waals surface area contributed by atoms with Gasteiger partial charge in [0.05, 0.1) is 5.56 Å². The molecule has 1 aliphatic rings. The van der Waals surface area contributed by atoms with Gasteiger partial charge in [-0.2, -0.15) is 0 Å². The van der Waals surface area contributed by atoms with E-state index < -0.39 is 42.0 Å². The number of carbonyl (C=O) groups excluding carboxylic acids is 2. The molecule has 1 atom stereocenters. The molecule has 3 aromatic carbocycles. The highest BCUT2D eigenvalue weighted by Gasteiger charge is 2.29. The number of aliphatic carboxylic acids is 1. The third-order valence-corrected chi connectivity index (χ3v) is 5.82. The maximum Gasteiger partial charge on any atom is 0.411 e. The van der Waals surface area contributed by atoms with Gasteiger partial charge in [0, 0.05) is 24.6 Å². The van der Waals surface area contributed by atoms with Gasteiger partial charge in [0.2, 0.25) is 0 Å². The summed E-state index contributed by atoms with van der Waals surface area (Å²) < 4.78 is 19.7. The molecule has 0 saturated carbocycles. The fourth-order valence-corrected chi connectivity index (χ4v) is 4.15. The molecule has 1 aliphatic carbocycles. The first kappa shape index (κ1) is 23.9. The zero-order valence-corrected chi connectivity index (χ0v) is 18.5. The molecule has 3 aromatic rings. The zero-order chi connectivity index (χ0) is 24.9. The van der Waals surface area contributed by atoms with Crippen molar-refractivity contribution >= 4 is 23.7 Å². The van der Waals surface area contributed by atoms with E-state index in [2.05, 4.69) is 10.6 Å². The van der Waals surface area contributed by atoms with E-state index in [1.54, 1.807) is 0 Å². The van der Waals surface area contributed by atoms with Crippen molar-refractivity contribution in [2.75, 3.05) is 18.5 Å². The van der Waals surface area contributed by atoms with Gasteiger partial charge >= 0.3 is 12.1 Å². The van der Waals surface area contributed by atoms with Gasteiger partial charge in [0.1, 0.15) is 18.5 Å². The van der Waals surface area contributed by atoms with Gasteiger partial charge in [0.25, 0.3) is 5.91 Å². The van der Waals surface area contributed by atoms with Crippen LogP contribution in [0.25, 0.3) is 11.1 Å². The molecule has 4 N–H and O–H groups in total. The molecule has 0 aromatic heterocycles. The van der Waals surface area contributed by atoms with E-state index in [1.165, 1.54) is 6.07 Å². The number of nitrogens with one attached hydrogen (secondary N) is 2. The van der Waals surface area contributed by atoms with Crippen LogP contribution in [-0.4, -0.2) is 47.4 Å². The molecule has 0 saturated heterocycles. The highest BCUT2D eigenvalue weighted by molar-refractivity contribution is 5.98. The lowest BCUT2D eigenvalue weighted by Gasteiger charge is -2.16. The fraction of sp³-hybridized carbons (Fsp3) is 0.192. The Bertz CT molecular complexity index is 1230. The minimum Gasteiger partial charge on any atom is -0.480 e. The third kappa shape index (κ3) is 5.15. The average Bonchev–Trinajstić information content (AvgIpc) is 3.17. The van der Waals surface area contributed by atoms with Crippen molar-refractivity contribution in [3.63, 3.8) is 0 Å². The van der Waals surface area contributed by atoms with Crippen molar-refractivity contribution in [1.29, 1.82) is 0 Å². The number of anilines is 1. The highest BCUT2D eigenvalue weighted by atomic mass is 19.1. The van der Waals surface area contributed by atoms with Crippen LogP contribution in [0, 0.1) is 5.82 Å². The summed E-state index contributed by atoms with van der Waals surface area (Å²) in [5.74, 6) is -3.38. The molecule has 0 fully saturated rings. The van der Waals surface area contributed by atoms with Crippen LogP contribution in [0.5, 0.6) is 0 Å². The molecule has 0 bridgehead atoms. The average molecular weight is 478 g/mol. The molecule has 0 radical (unpaired) electrons. The number of benzene rings is 3. The van der Waals surface area contributed by atoms with Crippen LogP contribution in [0.1, 0.15) is 33.8 Å². The van der Waals surface area contributed by atoms with Crippen molar-refractivity contribution in [1.82, 2.24) is 5.32 Å². The Kier molecular flexibility index (Phi) is 7.07. The third-order valence-electron chi connectivity index (χ3n) is 5.82. The maximum absolute atomic E-state index is 14.2. The number of amides is 2. The molecule has 0 heterocycles. The monoisotopic (exact) mass is 478 g/mol. The van der Waals surface area contributed by atoms with Gasteiger partial charge in [0.15, 0.2) is 0 Å². The van der Waals surface area contributed by atoms with Crippen molar-refractivity contribution in [2.24, 2.45) is 0 Å². The van der Waals surface area contributed by atoms with Crippen LogP contribution >= 0.6 is 0 Å². The first-order chi connectivity index (χ1) is 16.9. The molecule has 0 unspecified atom stereocenters. The maximum atomic E-state index is 14.2. The molecule has 2 amide bonds. The Morgan fingerprint density at radius 2 is 1.60 bits per heavy atom. The van der Waals surface area contributed by atoms with E-state index in [-0.39, 0.29) is 24.6 Å². The van der Waals surface area contributed by atoms with Crippen LogP contribution in [0.3, 0.4) is 0 Å². The molecule has 8 nitrogen and oxygen atoms in total. The molecule has 9 heteroatoms. The Hall–Kier alpha value is -4.24. The predicted molar refractivity (Wildman–Crippen MR) is 126 cm³/mol. The number of carboxylic acids is 1. The van der Waals surface area contributed by atoms with Gasteiger partial charge < -0.3 is 20.3 Å². The molecule has 0 spiro atoms. The van der Waals surface area contributed by atoms with Gasteiger partial charge in [-0.05, 0) is 40.5 Å². The number of hydrogen-bond donors (Lipinski definition) is 4. The molecular weight excluding hydrogens is 455 g/mol. The van der Waals surface area contributed by atoms with Gasteiger partial charge in [-0.3, -0.25) is 10.1 Å². The van der Waals surface area contributed by atoms with E-state index in [0.29, 0.717) is 0 Å². The Labute approximate surface area is 200 Å². The molecule has 180 valence electrons. The minimum atomic E-state index is -1.38. The number of aliphatic hydroxyl groups is 1. The van der Waals surface area contributed by atoms with E-state index in [1.807, 2.05) is 48.5 Å². The van der Waals surface area contributed by atoms with Gasteiger partial charge in [-0.15, -0.1) is 0 Å². The fourth-order valence-electron chi connectivity index (χ4n) is 4.15. The van der Waals surface area contributed by atoms with Crippen LogP contribution in [0.15, 0.2) is 66.7 Å². The first-order valence-electron chi connectivity index (χ1n) is 10.9. The summed E-state index contributed by atoms with van der Waals surface area (Å²) >= 11 is 0. The predicted octanol–water partition coefficient (Wildman–Crippen LogP) is 3.75. The van der Waals surface area contributed by atoms with Gasteiger partial charge in [-0.25, -0.2) is 14.0 Å². The smallest absolute Gasteiger partial charge is 0.411 e. The molecular formula is C26H23FN2O6. The minimum absolute atomic E-state index is 0.0792. The topological polar surface area (TPSA) is 125 Å². The summed E-state index contributed by atoms with van der Waals surface area (Å²) in [4.78, 5) is 36.1. The Morgan fingerprint density at radius 3 is 2.20 bits per heavy atom. The lowest BCUT2D eigenvalue weighted by atomic mass is 9.98. The summed E-state index contributed by atoms with van der Waals surface area (Å²) in [6, 6.07) is 17.7. The number of fused-ring (bicyclic) bond motifs is 3. The second-order valence-electron chi connectivity index (χ2n) is 8.02. The van der Waals surface area contributed by atoms with Crippen LogP contribution < -0.4 is 10.6 Å². The normalized spacial score (nSPS) is 12.9. The van der Waals surface area contributed by atoms with Crippen molar-refractivity contribution < 1.29 is 33.7 Å². The van der Waals surface area contributed by atoms with E-state index in [4.69, 9.17) is 14.9 Å². The standard InChI is InChI=1S/C26H23FN2O6/c27-22-10-9-15(13-20(22)24(31)29-23(11-12-30)25(32)33)28-26(34)35-14-21-18-7-3-1-5-16(18)17-6-2-4-8-19(17)21/h1-10,13,21,23,30H,11-12,14H2,(H,28,34)(H,29,31)(H,32,33)/t23-/m0/s1. The molecule has 0 aliphatic heterocycles. The number of ether oxygens (including phenoxy) is 1. The first-order valence-corrected chi connectivity index (χ1v) is 10.9. The van der Waals surface area contributed by atoms with Crippen molar-refractivity contribution in [3.05, 3.63) is 89.2 Å². The number of carbonyl (C=O) groups is 3. The second-order valence-corrected chi connectivity index (χ2v) is 8.02. The van der Waals surface area contributed by atoms with E-state index in [9.17, 15) is 18.8 Å². The SMILES string of the molecule is O=C(Nc1ccc(F)c(C(=O)N[C@@H](CCO)C(=O)O)c1)OCC1c2ccccc2-c2ccccc21. The number of halogens is 1. The van der Waals surface area contributed by atoms with Crippen molar-refractivity contribution in [3.8, 4) is 11.1 Å².